The molecule has 0 unspecified atom stereocenters. The Kier molecular flexibility index (Phi) is 3.60. The fraction of sp³-hybridized carbons (Fsp3) is 0.100. The summed E-state index contributed by atoms with van der Waals surface area (Å²) >= 11 is 2.50. The summed E-state index contributed by atoms with van der Waals surface area (Å²) in [5.74, 6) is -0.407. The van der Waals surface area contributed by atoms with Gasteiger partial charge in [-0.3, -0.25) is 4.79 Å². The summed E-state index contributed by atoms with van der Waals surface area (Å²) in [4.78, 5) is 11.4. The quantitative estimate of drug-likeness (QED) is 0.816. The van der Waals surface area contributed by atoms with Gasteiger partial charge in [0.25, 0.3) is 0 Å². The van der Waals surface area contributed by atoms with Crippen LogP contribution in [0.15, 0.2) is 34.7 Å². The van der Waals surface area contributed by atoms with Gasteiger partial charge in [0.2, 0.25) is 11.0 Å². The number of hydrogen-bond donors (Lipinski definition) is 2. The highest BCUT2D eigenvalue weighted by atomic mass is 32.2. The summed E-state index contributed by atoms with van der Waals surface area (Å²) in [6, 6.07) is 9.31. The summed E-state index contributed by atoms with van der Waals surface area (Å²) in [7, 11) is 0. The topological polar surface area (TPSA) is 94.9 Å². The molecule has 4 N–H and O–H groups in total. The van der Waals surface area contributed by atoms with E-state index in [0.717, 1.165) is 5.56 Å². The maximum absolute atomic E-state index is 11.4. The average molecular weight is 266 g/mol. The highest BCUT2D eigenvalue weighted by molar-refractivity contribution is 8.01. The van der Waals surface area contributed by atoms with Crippen molar-refractivity contribution in [2.45, 2.75) is 9.59 Å². The molecular formula is C10H10N4OS2. The van der Waals surface area contributed by atoms with Crippen LogP contribution in [0.1, 0.15) is 10.8 Å². The van der Waals surface area contributed by atoms with Gasteiger partial charge in [0.15, 0.2) is 4.34 Å². The Bertz CT molecular complexity index is 514. The fourth-order valence-corrected chi connectivity index (χ4v) is 3.07. The molecule has 1 aromatic heterocycles. The number of benzene rings is 1. The lowest BCUT2D eigenvalue weighted by Gasteiger charge is -2.10. The van der Waals surface area contributed by atoms with Crippen LogP contribution in [0, 0.1) is 0 Å². The molecule has 0 saturated carbocycles. The van der Waals surface area contributed by atoms with Gasteiger partial charge in [0.05, 0.1) is 0 Å². The van der Waals surface area contributed by atoms with E-state index in [0.29, 0.717) is 9.47 Å². The Balaban J connectivity index is 2.22. The maximum atomic E-state index is 11.4. The normalized spacial score (nSPS) is 12.2. The van der Waals surface area contributed by atoms with E-state index in [1.165, 1.54) is 23.1 Å². The Morgan fingerprint density at radius 2 is 2.00 bits per heavy atom. The lowest BCUT2D eigenvalue weighted by molar-refractivity contribution is -0.117. The smallest absolute Gasteiger partial charge is 0.235 e. The molecule has 2 aromatic rings. The van der Waals surface area contributed by atoms with Crippen LogP contribution in [-0.2, 0) is 4.79 Å². The molecule has 0 saturated heterocycles. The van der Waals surface area contributed by atoms with Gasteiger partial charge in [-0.1, -0.05) is 53.4 Å². The number of nitrogens with two attached hydrogens (primary N) is 2. The van der Waals surface area contributed by atoms with Crippen LogP contribution in [0.3, 0.4) is 0 Å². The first kappa shape index (κ1) is 11.9. The third-order valence-electron chi connectivity index (χ3n) is 2.00. The first-order valence-electron chi connectivity index (χ1n) is 4.76. The number of primary amides is 1. The second-order valence-corrected chi connectivity index (χ2v) is 5.58. The lowest BCUT2D eigenvalue weighted by Crippen LogP contribution is -2.18. The van der Waals surface area contributed by atoms with Crippen molar-refractivity contribution in [3.63, 3.8) is 0 Å². The zero-order chi connectivity index (χ0) is 12.3. The minimum Gasteiger partial charge on any atom is -0.374 e. The van der Waals surface area contributed by atoms with Crippen LogP contribution in [0.4, 0.5) is 5.13 Å². The molecule has 0 aliphatic carbocycles. The highest BCUT2D eigenvalue weighted by Crippen LogP contribution is 2.36. The molecule has 0 fully saturated rings. The van der Waals surface area contributed by atoms with Gasteiger partial charge in [0.1, 0.15) is 5.25 Å². The molecule has 0 spiro atoms. The monoisotopic (exact) mass is 266 g/mol. The molecule has 7 heteroatoms. The molecule has 0 aliphatic rings. The molecule has 1 heterocycles. The lowest BCUT2D eigenvalue weighted by atomic mass is 10.1. The standard InChI is InChI=1S/C10H10N4OS2/c11-8(15)7(6-4-2-1-3-5-6)16-10-14-13-9(12)17-10/h1-5,7H,(H2,11,15)(H2,12,13)/t7-/m1/s1. The molecule has 0 radical (unpaired) electrons. The zero-order valence-corrected chi connectivity index (χ0v) is 10.4. The van der Waals surface area contributed by atoms with Crippen molar-refractivity contribution in [3.8, 4) is 0 Å². The SMILES string of the molecule is NC(=O)[C@H](Sc1nnc(N)s1)c1ccccc1. The molecule has 5 nitrogen and oxygen atoms in total. The third-order valence-corrected chi connectivity index (χ3v) is 4.11. The van der Waals surface area contributed by atoms with Crippen molar-refractivity contribution in [1.82, 2.24) is 10.2 Å². The van der Waals surface area contributed by atoms with Gasteiger partial charge < -0.3 is 11.5 Å². The van der Waals surface area contributed by atoms with Crippen LogP contribution < -0.4 is 11.5 Å². The molecule has 1 aromatic carbocycles. The van der Waals surface area contributed by atoms with Crippen LogP contribution in [-0.4, -0.2) is 16.1 Å². The van der Waals surface area contributed by atoms with Crippen molar-refractivity contribution in [1.29, 1.82) is 0 Å². The van der Waals surface area contributed by atoms with Crippen molar-refractivity contribution in [2.24, 2.45) is 5.73 Å². The van der Waals surface area contributed by atoms with E-state index in [9.17, 15) is 4.79 Å². The maximum Gasteiger partial charge on any atom is 0.235 e. The number of thioether (sulfide) groups is 1. The second-order valence-electron chi connectivity index (χ2n) is 3.22. The van der Waals surface area contributed by atoms with E-state index in [4.69, 9.17) is 11.5 Å². The van der Waals surface area contributed by atoms with Crippen LogP contribution in [0.5, 0.6) is 0 Å². The van der Waals surface area contributed by atoms with Gasteiger partial charge in [-0.05, 0) is 5.56 Å². The van der Waals surface area contributed by atoms with Crippen molar-refractivity contribution >= 4 is 34.1 Å². The molecule has 88 valence electrons. The van der Waals surface area contributed by atoms with E-state index in [-0.39, 0.29) is 0 Å². The van der Waals surface area contributed by atoms with Crippen molar-refractivity contribution in [3.05, 3.63) is 35.9 Å². The van der Waals surface area contributed by atoms with Crippen LogP contribution in [0.2, 0.25) is 0 Å². The molecular weight excluding hydrogens is 256 g/mol. The van der Waals surface area contributed by atoms with E-state index >= 15 is 0 Å². The molecule has 0 bridgehead atoms. The van der Waals surface area contributed by atoms with E-state index in [1.54, 1.807) is 0 Å². The summed E-state index contributed by atoms with van der Waals surface area (Å²) in [5.41, 5.74) is 11.7. The average Bonchev–Trinajstić information content (AvgIpc) is 2.73. The molecule has 1 atom stereocenters. The Labute approximate surface area is 106 Å². The summed E-state index contributed by atoms with van der Waals surface area (Å²) in [6.45, 7) is 0. The first-order chi connectivity index (χ1) is 8.16. The third kappa shape index (κ3) is 2.95. The first-order valence-corrected chi connectivity index (χ1v) is 6.46. The number of nitrogens with zero attached hydrogens (tertiary/aromatic N) is 2. The summed E-state index contributed by atoms with van der Waals surface area (Å²) in [6.07, 6.45) is 0. The Morgan fingerprint density at radius 3 is 2.53 bits per heavy atom. The minimum absolute atomic E-state index is 0.379. The number of rotatable bonds is 4. The predicted octanol–water partition coefficient (Wildman–Crippen LogP) is 1.44. The van der Waals surface area contributed by atoms with Gasteiger partial charge in [-0.15, -0.1) is 10.2 Å². The van der Waals surface area contributed by atoms with Gasteiger partial charge in [0, 0.05) is 0 Å². The van der Waals surface area contributed by atoms with Crippen LogP contribution >= 0.6 is 23.1 Å². The zero-order valence-electron chi connectivity index (χ0n) is 8.74. The number of nitrogen functional groups attached to an aromatic ring is 1. The van der Waals surface area contributed by atoms with E-state index in [1.807, 2.05) is 30.3 Å². The van der Waals surface area contributed by atoms with E-state index < -0.39 is 11.2 Å². The Morgan fingerprint density at radius 1 is 1.29 bits per heavy atom. The van der Waals surface area contributed by atoms with Crippen molar-refractivity contribution < 1.29 is 4.79 Å². The largest absolute Gasteiger partial charge is 0.374 e. The van der Waals surface area contributed by atoms with Crippen molar-refractivity contribution in [2.75, 3.05) is 5.73 Å². The molecule has 1 amide bonds. The van der Waals surface area contributed by atoms with Gasteiger partial charge >= 0.3 is 0 Å². The predicted molar refractivity (Wildman–Crippen MR) is 68.6 cm³/mol. The Hall–Kier alpha value is -1.60. The number of carbonyl (C=O) groups excluding carboxylic acids is 1. The second kappa shape index (κ2) is 5.15. The minimum atomic E-state index is -0.469. The summed E-state index contributed by atoms with van der Waals surface area (Å²) < 4.78 is 0.634. The number of hydrogen-bond acceptors (Lipinski definition) is 6. The van der Waals surface area contributed by atoms with Gasteiger partial charge in [-0.2, -0.15) is 0 Å². The van der Waals surface area contributed by atoms with Gasteiger partial charge in [-0.25, -0.2) is 0 Å². The highest BCUT2D eigenvalue weighted by Gasteiger charge is 2.20. The number of amides is 1. The number of aromatic nitrogens is 2. The van der Waals surface area contributed by atoms with E-state index in [2.05, 4.69) is 10.2 Å². The molecule has 17 heavy (non-hydrogen) atoms. The molecule has 2 rings (SSSR count). The fourth-order valence-electron chi connectivity index (χ4n) is 1.29. The number of anilines is 1. The summed E-state index contributed by atoms with van der Waals surface area (Å²) in [5, 5.41) is 7.47. The number of carbonyl (C=O) groups is 1. The van der Waals surface area contributed by atoms with Crippen LogP contribution in [0.25, 0.3) is 0 Å². The molecule has 0 aliphatic heterocycles.